The van der Waals surface area contributed by atoms with E-state index in [1.807, 2.05) is 0 Å². The minimum atomic E-state index is -1.53. The highest BCUT2D eigenvalue weighted by Crippen LogP contribution is 2.30. The number of esters is 4. The summed E-state index contributed by atoms with van der Waals surface area (Å²) < 4.78 is 61.5. The summed E-state index contributed by atoms with van der Waals surface area (Å²) >= 11 is 0. The molecule has 1 rings (SSSR count). The van der Waals surface area contributed by atoms with Crippen molar-refractivity contribution in [3.8, 4) is 0 Å². The number of rotatable bonds is 15. The van der Waals surface area contributed by atoms with Crippen molar-refractivity contribution in [2.45, 2.75) is 117 Å². The smallest absolute Gasteiger partial charge is 0.303 e. The van der Waals surface area contributed by atoms with Gasteiger partial charge in [0, 0.05) is 39.7 Å². The summed E-state index contributed by atoms with van der Waals surface area (Å²) in [5.41, 5.74) is 0. The van der Waals surface area contributed by atoms with E-state index < -0.39 is 88.8 Å². The van der Waals surface area contributed by atoms with Crippen molar-refractivity contribution in [1.29, 1.82) is 0 Å². The highest BCUT2D eigenvalue weighted by Gasteiger charge is 2.52. The van der Waals surface area contributed by atoms with Crippen LogP contribution in [-0.2, 0) is 47.6 Å². The second-order valence-electron chi connectivity index (χ2n) is 7.94. The second kappa shape index (κ2) is 16.4. The molecule has 0 aromatic carbocycles. The molecule has 1 unspecified atom stereocenters. The molecule has 0 spiro atoms. The highest BCUT2D eigenvalue weighted by molar-refractivity contribution is 5.68. The molecule has 0 bridgehead atoms. The van der Waals surface area contributed by atoms with Crippen LogP contribution < -0.4 is 0 Å². The van der Waals surface area contributed by atoms with Gasteiger partial charge in [0.2, 0.25) is 0 Å². The minimum Gasteiger partial charge on any atom is -0.463 e. The molecule has 1 fully saturated rings. The lowest BCUT2D eigenvalue weighted by atomic mass is 9.98. The molecule has 196 valence electrons. The predicted molar refractivity (Wildman–Crippen MR) is 121 cm³/mol. The van der Waals surface area contributed by atoms with E-state index in [1.165, 1.54) is 19.3 Å². The van der Waals surface area contributed by atoms with E-state index in [1.54, 1.807) is 0 Å². The van der Waals surface area contributed by atoms with Gasteiger partial charge in [0.1, 0.15) is 12.7 Å². The fourth-order valence-corrected chi connectivity index (χ4v) is 3.61. The maximum Gasteiger partial charge on any atom is 0.303 e. The third-order valence-electron chi connectivity index (χ3n) is 5.08. The van der Waals surface area contributed by atoms with E-state index >= 15 is 0 Å². The Labute approximate surface area is 207 Å². The Kier molecular flexibility index (Phi) is 11.4. The molecule has 1 heterocycles. The summed E-state index contributed by atoms with van der Waals surface area (Å²) in [4.78, 5) is 47.7. The fourth-order valence-electron chi connectivity index (χ4n) is 3.61. The van der Waals surface area contributed by atoms with Crippen LogP contribution in [0.3, 0.4) is 0 Å². The monoisotopic (exact) mass is 492 g/mol. The van der Waals surface area contributed by atoms with Crippen molar-refractivity contribution in [2.24, 2.45) is 0 Å². The topological polar surface area (TPSA) is 124 Å². The van der Waals surface area contributed by atoms with E-state index in [-0.39, 0.29) is 6.61 Å². The second-order valence-corrected chi connectivity index (χ2v) is 7.94. The van der Waals surface area contributed by atoms with Crippen molar-refractivity contribution in [2.75, 3.05) is 13.2 Å². The minimum absolute atomic E-state index is 0.185. The van der Waals surface area contributed by atoms with Gasteiger partial charge in [-0.25, -0.2) is 0 Å². The number of hydrogen-bond donors (Lipinski definition) is 0. The van der Waals surface area contributed by atoms with Gasteiger partial charge >= 0.3 is 23.9 Å². The molecule has 10 nitrogen and oxygen atoms in total. The van der Waals surface area contributed by atoms with Crippen molar-refractivity contribution in [1.82, 2.24) is 0 Å². The van der Waals surface area contributed by atoms with E-state index in [0.717, 1.165) is 25.7 Å². The van der Waals surface area contributed by atoms with Gasteiger partial charge in [0.15, 0.2) is 24.6 Å². The van der Waals surface area contributed by atoms with E-state index in [2.05, 4.69) is 6.92 Å². The van der Waals surface area contributed by atoms with Crippen LogP contribution in [0.15, 0.2) is 0 Å². The Morgan fingerprint density at radius 2 is 1.24 bits per heavy atom. The first kappa shape index (κ1) is 23.5. The zero-order valence-electron chi connectivity index (χ0n) is 23.9. The molecule has 0 radical (unpaired) electrons. The average Bonchev–Trinajstić information content (AvgIpc) is 2.92. The third-order valence-corrected chi connectivity index (χ3v) is 5.08. The van der Waals surface area contributed by atoms with Gasteiger partial charge in [-0.1, -0.05) is 51.9 Å². The standard InChI is InChI=1S/C24H40O10/c1-6-7-8-9-10-11-12-13-14-29-24-23(33-19(5)28)22(32-18(4)27)21(31-17(3)26)20(34-24)15-30-16(2)25/h20-24H,6-15H2,1-5H3/t20-,21-,22+,23+,24?/m1/s1/i2D,3D,4D,5D. The maximum atomic E-state index is 12.1. The summed E-state index contributed by atoms with van der Waals surface area (Å²) in [7, 11) is 0. The number of ether oxygens (including phenoxy) is 6. The Morgan fingerprint density at radius 1 is 0.706 bits per heavy atom. The molecule has 0 aromatic rings. The molecule has 0 aliphatic carbocycles. The quantitative estimate of drug-likeness (QED) is 0.191. The van der Waals surface area contributed by atoms with Crippen molar-refractivity contribution < 1.29 is 53.1 Å². The van der Waals surface area contributed by atoms with Crippen molar-refractivity contribution in [3.63, 3.8) is 0 Å². The summed E-state index contributed by atoms with van der Waals surface area (Å²) in [6.07, 6.45) is 1.28. The number of hydrogen-bond acceptors (Lipinski definition) is 10. The SMILES string of the molecule is [2H]CC(=O)OC[C@H]1OC(OCCCCCCCCCC)[C@@H](OC(=O)C[2H])[C@@H](OC(=O)C[2H])[C@@H]1OC(=O)C[2H]. The van der Waals surface area contributed by atoms with Crippen LogP contribution in [0.1, 0.15) is 91.4 Å². The Hall–Kier alpha value is -2.20. The number of carbonyl (C=O) groups excluding carboxylic acids is 4. The van der Waals surface area contributed by atoms with Crippen LogP contribution in [0, 0.1) is 0 Å². The molecule has 0 aromatic heterocycles. The normalized spacial score (nSPS) is 25.7. The van der Waals surface area contributed by atoms with Gasteiger partial charge in [-0.3, -0.25) is 19.2 Å². The molecule has 1 aliphatic rings. The van der Waals surface area contributed by atoms with E-state index in [9.17, 15) is 19.2 Å². The number of unbranched alkanes of at least 4 members (excludes halogenated alkanes) is 7. The molecule has 1 saturated heterocycles. The molecule has 10 heteroatoms. The van der Waals surface area contributed by atoms with Crippen molar-refractivity contribution >= 4 is 23.9 Å². The van der Waals surface area contributed by atoms with Gasteiger partial charge in [-0.2, -0.15) is 0 Å². The fraction of sp³-hybridized carbons (Fsp3) is 0.833. The third kappa shape index (κ3) is 11.8. The maximum absolute atomic E-state index is 12.1. The van der Waals surface area contributed by atoms with Gasteiger partial charge in [-0.15, -0.1) is 0 Å². The first-order valence-corrected chi connectivity index (χ1v) is 11.5. The van der Waals surface area contributed by atoms with Crippen LogP contribution >= 0.6 is 0 Å². The van der Waals surface area contributed by atoms with Gasteiger partial charge in [-0.05, 0) is 6.42 Å². The lowest BCUT2D eigenvalue weighted by Gasteiger charge is -2.44. The largest absolute Gasteiger partial charge is 0.463 e. The van der Waals surface area contributed by atoms with E-state index in [0.29, 0.717) is 6.42 Å². The summed E-state index contributed by atoms with van der Waals surface area (Å²) in [6, 6.07) is 0. The lowest BCUT2D eigenvalue weighted by molar-refractivity contribution is -0.308. The molecule has 0 N–H and O–H groups in total. The Morgan fingerprint density at radius 3 is 1.82 bits per heavy atom. The molecule has 34 heavy (non-hydrogen) atoms. The van der Waals surface area contributed by atoms with Crippen LogP contribution in [0.4, 0.5) is 0 Å². The first-order valence-electron chi connectivity index (χ1n) is 14.3. The van der Waals surface area contributed by atoms with Crippen LogP contribution in [-0.4, -0.2) is 67.8 Å². The predicted octanol–water partition coefficient (Wildman–Crippen LogP) is 3.23. The van der Waals surface area contributed by atoms with E-state index in [4.69, 9.17) is 33.9 Å². The molecule has 5 atom stereocenters. The summed E-state index contributed by atoms with van der Waals surface area (Å²) in [5, 5.41) is 0. The molecular formula is C24H40O10. The molecule has 0 amide bonds. The zero-order valence-corrected chi connectivity index (χ0v) is 19.9. The van der Waals surface area contributed by atoms with Crippen LogP contribution in [0.5, 0.6) is 0 Å². The zero-order chi connectivity index (χ0) is 28.3. The molecular weight excluding hydrogens is 448 g/mol. The first-order chi connectivity index (χ1) is 18.3. The van der Waals surface area contributed by atoms with Gasteiger partial charge in [0.05, 0.1) is 0 Å². The summed E-state index contributed by atoms with van der Waals surface area (Å²) in [6.45, 7) is -1.19. The van der Waals surface area contributed by atoms with Crippen LogP contribution in [0.25, 0.3) is 0 Å². The van der Waals surface area contributed by atoms with Crippen molar-refractivity contribution in [3.05, 3.63) is 0 Å². The summed E-state index contributed by atoms with van der Waals surface area (Å²) in [5.74, 6) is -3.93. The lowest BCUT2D eigenvalue weighted by Crippen LogP contribution is -2.63. The van der Waals surface area contributed by atoms with Gasteiger partial charge in [0.25, 0.3) is 0 Å². The van der Waals surface area contributed by atoms with Crippen LogP contribution in [0.2, 0.25) is 0 Å². The Balaban J connectivity index is 3.07. The molecule has 0 saturated carbocycles. The highest BCUT2D eigenvalue weighted by atomic mass is 16.7. The average molecular weight is 493 g/mol. The Bertz CT molecular complexity index is 726. The number of carbonyl (C=O) groups is 4. The van der Waals surface area contributed by atoms with Gasteiger partial charge < -0.3 is 28.4 Å². The molecule has 1 aliphatic heterocycles.